The first kappa shape index (κ1) is 30.8. The molecule has 0 bridgehead atoms. The van der Waals surface area contributed by atoms with E-state index >= 15 is 0 Å². The van der Waals surface area contributed by atoms with Crippen molar-refractivity contribution in [2.24, 2.45) is 17.3 Å². The Morgan fingerprint density at radius 3 is 2.19 bits per heavy atom. The van der Waals surface area contributed by atoms with Crippen LogP contribution in [0.3, 0.4) is 0 Å². The minimum absolute atomic E-state index is 0.121. The summed E-state index contributed by atoms with van der Waals surface area (Å²) in [6.07, 6.45) is 2.12. The van der Waals surface area contributed by atoms with Gasteiger partial charge in [0, 0.05) is 31.0 Å². The number of carboxylic acids is 1. The molecule has 0 aliphatic carbocycles. The summed E-state index contributed by atoms with van der Waals surface area (Å²) in [7, 11) is 1.79. The van der Waals surface area contributed by atoms with Crippen molar-refractivity contribution < 1.29 is 19.5 Å². The lowest BCUT2D eigenvalue weighted by Gasteiger charge is -2.41. The van der Waals surface area contributed by atoms with Gasteiger partial charge in [0.1, 0.15) is 12.1 Å². The van der Waals surface area contributed by atoms with E-state index in [-0.39, 0.29) is 29.7 Å². The zero-order chi connectivity index (χ0) is 28.1. The highest BCUT2D eigenvalue weighted by atomic mass is 16.4. The maximum absolute atomic E-state index is 14.0. The van der Waals surface area contributed by atoms with Gasteiger partial charge in [-0.2, -0.15) is 0 Å². The Morgan fingerprint density at radius 2 is 1.70 bits per heavy atom. The molecule has 2 rings (SSSR count). The summed E-state index contributed by atoms with van der Waals surface area (Å²) >= 11 is 0. The van der Waals surface area contributed by atoms with Crippen LogP contribution in [0.2, 0.25) is 0 Å². The summed E-state index contributed by atoms with van der Waals surface area (Å²) in [5.74, 6) is -1.25. The summed E-state index contributed by atoms with van der Waals surface area (Å²) in [5, 5.41) is 12.8. The number of carbonyl (C=O) groups excluding carboxylic acids is 2. The lowest BCUT2D eigenvalue weighted by Crippen LogP contribution is -2.60. The van der Waals surface area contributed by atoms with Crippen molar-refractivity contribution in [3.63, 3.8) is 0 Å². The number of carboxylic acid groups (broad SMARTS) is 1. The first-order chi connectivity index (χ1) is 17.1. The Labute approximate surface area is 224 Å². The molecule has 1 aliphatic heterocycles. The number of benzene rings is 1. The van der Waals surface area contributed by atoms with Crippen LogP contribution < -0.4 is 5.32 Å². The maximum atomic E-state index is 14.0. The number of carbonyl (C=O) groups is 3. The van der Waals surface area contributed by atoms with E-state index in [4.69, 9.17) is 0 Å². The number of hydrogen-bond acceptors (Lipinski definition) is 4. The highest BCUT2D eigenvalue weighted by molar-refractivity contribution is 5.90. The molecular weight excluding hydrogens is 466 g/mol. The first-order valence-electron chi connectivity index (χ1n) is 13.7. The van der Waals surface area contributed by atoms with Gasteiger partial charge in [-0.25, -0.2) is 0 Å². The number of likely N-dealkylation sites (tertiary alicyclic amines) is 1. The average Bonchev–Trinajstić information content (AvgIpc) is 3.29. The molecule has 1 aromatic rings. The molecule has 0 unspecified atom stereocenters. The summed E-state index contributed by atoms with van der Waals surface area (Å²) in [4.78, 5) is 43.1. The van der Waals surface area contributed by atoms with Gasteiger partial charge in [0.2, 0.25) is 11.8 Å². The van der Waals surface area contributed by atoms with Gasteiger partial charge in [-0.1, -0.05) is 85.7 Å². The second-order valence-electron chi connectivity index (χ2n) is 12.6. The highest BCUT2D eigenvalue weighted by Gasteiger charge is 2.42. The predicted molar refractivity (Wildman–Crippen MR) is 148 cm³/mol. The number of nitrogens with one attached hydrogen (secondary N) is 1. The predicted octanol–water partition coefficient (Wildman–Crippen LogP) is 4.55. The van der Waals surface area contributed by atoms with E-state index < -0.39 is 28.9 Å². The van der Waals surface area contributed by atoms with E-state index in [2.05, 4.69) is 33.0 Å². The minimum Gasteiger partial charge on any atom is -0.480 e. The molecule has 1 aromatic carbocycles. The fourth-order valence-electron chi connectivity index (χ4n) is 5.70. The number of hydrogen-bond donors (Lipinski definition) is 2. The Bertz CT molecular complexity index is 923. The average molecular weight is 516 g/mol. The summed E-state index contributed by atoms with van der Waals surface area (Å²) in [6, 6.07) is 8.65. The summed E-state index contributed by atoms with van der Waals surface area (Å²) in [6.45, 7) is 17.4. The van der Waals surface area contributed by atoms with Gasteiger partial charge in [-0.15, -0.1) is 0 Å². The molecule has 0 spiro atoms. The van der Waals surface area contributed by atoms with Gasteiger partial charge < -0.3 is 15.3 Å². The Hall–Kier alpha value is -2.41. The van der Waals surface area contributed by atoms with Gasteiger partial charge in [0.15, 0.2) is 0 Å². The van der Waals surface area contributed by atoms with Crippen molar-refractivity contribution in [1.29, 1.82) is 0 Å². The van der Waals surface area contributed by atoms with E-state index in [0.717, 1.165) is 12.0 Å². The van der Waals surface area contributed by atoms with Gasteiger partial charge in [0.05, 0.1) is 0 Å². The van der Waals surface area contributed by atoms with E-state index in [9.17, 15) is 19.5 Å². The molecule has 0 aromatic heterocycles. The lowest BCUT2D eigenvalue weighted by molar-refractivity contribution is -0.144. The minimum atomic E-state index is -0.805. The molecule has 4 atom stereocenters. The molecule has 7 heteroatoms. The molecule has 1 fully saturated rings. The molecule has 2 amide bonds. The van der Waals surface area contributed by atoms with Crippen molar-refractivity contribution in [1.82, 2.24) is 15.1 Å². The van der Waals surface area contributed by atoms with Gasteiger partial charge in [-0.3, -0.25) is 19.3 Å². The van der Waals surface area contributed by atoms with Crippen LogP contribution in [0.1, 0.15) is 80.2 Å². The second-order valence-corrected chi connectivity index (χ2v) is 12.6. The van der Waals surface area contributed by atoms with Crippen LogP contribution in [0.25, 0.3) is 0 Å². The molecule has 208 valence electrons. The van der Waals surface area contributed by atoms with Crippen LogP contribution in [0.5, 0.6) is 0 Å². The maximum Gasteiger partial charge on any atom is 0.320 e. The number of rotatable bonds is 11. The summed E-state index contributed by atoms with van der Waals surface area (Å²) < 4.78 is 0. The lowest BCUT2D eigenvalue weighted by atomic mass is 9.71. The van der Waals surface area contributed by atoms with Crippen LogP contribution in [-0.4, -0.2) is 71.0 Å². The van der Waals surface area contributed by atoms with Crippen LogP contribution in [0.4, 0.5) is 0 Å². The zero-order valence-electron chi connectivity index (χ0n) is 24.4. The standard InChI is InChI=1S/C30H49N3O4/c1-10-22(30(7,8)21-15-12-11-13-16-21)26(34)31-25(29(4,5)6)27(35)32(9)24(20(2)3)19-33-18-14-17-23(33)28(36)37/h11-13,15-16,20,22-25H,10,14,17-19H2,1-9H3,(H,31,34)(H,36,37)/t22-,23+,24-,25-/m1/s1. The quantitative estimate of drug-likeness (QED) is 0.451. The smallest absolute Gasteiger partial charge is 0.320 e. The van der Waals surface area contributed by atoms with Gasteiger partial charge in [0.25, 0.3) is 0 Å². The third-order valence-electron chi connectivity index (χ3n) is 8.20. The Morgan fingerprint density at radius 1 is 1.11 bits per heavy atom. The van der Waals surface area contributed by atoms with Gasteiger partial charge in [-0.05, 0) is 42.7 Å². The number of aliphatic carboxylic acids is 1. The number of amides is 2. The van der Waals surface area contributed by atoms with E-state index in [1.165, 1.54) is 0 Å². The van der Waals surface area contributed by atoms with Crippen molar-refractivity contribution >= 4 is 17.8 Å². The highest BCUT2D eigenvalue weighted by Crippen LogP contribution is 2.35. The van der Waals surface area contributed by atoms with Crippen LogP contribution >= 0.6 is 0 Å². The molecule has 1 aliphatic rings. The van der Waals surface area contributed by atoms with Crippen molar-refractivity contribution in [3.05, 3.63) is 35.9 Å². The number of likely N-dealkylation sites (N-methyl/N-ethyl adjacent to an activating group) is 1. The molecular formula is C30H49N3O4. The molecule has 1 saturated heterocycles. The third-order valence-corrected chi connectivity index (χ3v) is 8.20. The zero-order valence-corrected chi connectivity index (χ0v) is 24.4. The monoisotopic (exact) mass is 515 g/mol. The molecule has 37 heavy (non-hydrogen) atoms. The largest absolute Gasteiger partial charge is 0.480 e. The SMILES string of the molecule is CC[C@H](C(=O)N[C@H](C(=O)N(C)[C@H](CN1CCC[C@H]1C(=O)O)C(C)C)C(C)(C)C)C(C)(C)c1ccccc1. The third kappa shape index (κ3) is 7.34. The van der Waals surface area contributed by atoms with Crippen LogP contribution in [-0.2, 0) is 19.8 Å². The molecule has 0 saturated carbocycles. The van der Waals surface area contributed by atoms with E-state index in [0.29, 0.717) is 25.9 Å². The second kappa shape index (κ2) is 12.4. The van der Waals surface area contributed by atoms with Crippen LogP contribution in [0.15, 0.2) is 30.3 Å². The fraction of sp³-hybridized carbons (Fsp3) is 0.700. The normalized spacial score (nSPS) is 19.4. The van der Waals surface area contributed by atoms with Crippen molar-refractivity contribution in [2.75, 3.05) is 20.1 Å². The molecule has 7 nitrogen and oxygen atoms in total. The van der Waals surface area contributed by atoms with Crippen molar-refractivity contribution in [2.45, 2.75) is 98.2 Å². The molecule has 2 N–H and O–H groups in total. The summed E-state index contributed by atoms with van der Waals surface area (Å²) in [5.41, 5.74) is 0.181. The van der Waals surface area contributed by atoms with Crippen molar-refractivity contribution in [3.8, 4) is 0 Å². The Balaban J connectivity index is 2.28. The molecule has 1 heterocycles. The van der Waals surface area contributed by atoms with Crippen LogP contribution in [0, 0.1) is 17.3 Å². The van der Waals surface area contributed by atoms with Gasteiger partial charge >= 0.3 is 5.97 Å². The van der Waals surface area contributed by atoms with E-state index in [1.54, 1.807) is 11.9 Å². The topological polar surface area (TPSA) is 90.0 Å². The fourth-order valence-corrected chi connectivity index (χ4v) is 5.70. The number of nitrogens with zero attached hydrogens (tertiary/aromatic N) is 2. The molecule has 0 radical (unpaired) electrons. The first-order valence-corrected chi connectivity index (χ1v) is 13.7. The Kier molecular flexibility index (Phi) is 10.3. The van der Waals surface area contributed by atoms with E-state index in [1.807, 2.05) is 62.9 Å².